The number of hydrogen-bond donors (Lipinski definition) is 2. The van der Waals surface area contributed by atoms with Crippen LogP contribution in [0.1, 0.15) is 5.56 Å². The summed E-state index contributed by atoms with van der Waals surface area (Å²) in [4.78, 5) is 0. The highest BCUT2D eigenvalue weighted by molar-refractivity contribution is 5.60. The Kier molecular flexibility index (Phi) is 3.14. The molecule has 4 N–H and O–H groups in total. The third kappa shape index (κ3) is 2.87. The monoisotopic (exact) mass is 232 g/mol. The van der Waals surface area contributed by atoms with E-state index >= 15 is 0 Å². The highest BCUT2D eigenvalue weighted by Crippen LogP contribution is 2.24. The van der Waals surface area contributed by atoms with E-state index in [4.69, 9.17) is 16.2 Å². The number of nitrogen functional groups attached to an aromatic ring is 2. The van der Waals surface area contributed by atoms with Gasteiger partial charge in [-0.25, -0.2) is 4.39 Å². The van der Waals surface area contributed by atoms with Crippen molar-refractivity contribution in [3.63, 3.8) is 0 Å². The fourth-order valence-corrected chi connectivity index (χ4v) is 1.49. The van der Waals surface area contributed by atoms with E-state index in [1.54, 1.807) is 30.3 Å². The molecule has 0 atom stereocenters. The van der Waals surface area contributed by atoms with Crippen LogP contribution in [0.25, 0.3) is 0 Å². The van der Waals surface area contributed by atoms with Gasteiger partial charge in [0.2, 0.25) is 0 Å². The second-order valence-corrected chi connectivity index (χ2v) is 3.72. The lowest BCUT2D eigenvalue weighted by Crippen LogP contribution is -1.99. The van der Waals surface area contributed by atoms with Gasteiger partial charge in [-0.1, -0.05) is 12.1 Å². The lowest BCUT2D eigenvalue weighted by molar-refractivity contribution is 0.307. The minimum Gasteiger partial charge on any atom is -0.487 e. The van der Waals surface area contributed by atoms with Crippen LogP contribution < -0.4 is 16.2 Å². The first-order valence-electron chi connectivity index (χ1n) is 5.17. The van der Waals surface area contributed by atoms with Gasteiger partial charge in [0.15, 0.2) is 0 Å². The molecule has 0 radical (unpaired) electrons. The summed E-state index contributed by atoms with van der Waals surface area (Å²) >= 11 is 0. The minimum atomic E-state index is -0.281. The van der Waals surface area contributed by atoms with Crippen LogP contribution in [0.5, 0.6) is 5.75 Å². The molecule has 3 nitrogen and oxygen atoms in total. The third-order valence-corrected chi connectivity index (χ3v) is 2.32. The summed E-state index contributed by atoms with van der Waals surface area (Å²) in [7, 11) is 0. The molecular weight excluding hydrogens is 219 g/mol. The van der Waals surface area contributed by atoms with Gasteiger partial charge < -0.3 is 16.2 Å². The van der Waals surface area contributed by atoms with Crippen LogP contribution in [0.15, 0.2) is 42.5 Å². The van der Waals surface area contributed by atoms with E-state index in [1.807, 2.05) is 0 Å². The second-order valence-electron chi connectivity index (χ2n) is 3.72. The first-order chi connectivity index (χ1) is 8.15. The average Bonchev–Trinajstić information content (AvgIpc) is 2.28. The maximum atomic E-state index is 12.9. The fourth-order valence-electron chi connectivity index (χ4n) is 1.49. The number of hydrogen-bond acceptors (Lipinski definition) is 3. The quantitative estimate of drug-likeness (QED) is 0.799. The zero-order chi connectivity index (χ0) is 12.3. The predicted molar refractivity (Wildman–Crippen MR) is 66.0 cm³/mol. The Labute approximate surface area is 98.8 Å². The standard InChI is InChI=1S/C13H13FN2O/c14-10-3-1-2-9(6-10)8-17-13-5-4-11(15)7-12(13)16/h1-7H,8,15-16H2. The minimum absolute atomic E-state index is 0.270. The Balaban J connectivity index is 2.07. The van der Waals surface area contributed by atoms with E-state index in [9.17, 15) is 4.39 Å². The van der Waals surface area contributed by atoms with E-state index in [1.165, 1.54) is 12.1 Å². The summed E-state index contributed by atoms with van der Waals surface area (Å²) in [5.41, 5.74) is 13.1. The van der Waals surface area contributed by atoms with Crippen LogP contribution in [0.3, 0.4) is 0 Å². The van der Waals surface area contributed by atoms with Crippen LogP contribution >= 0.6 is 0 Å². The molecule has 2 aromatic carbocycles. The number of benzene rings is 2. The molecule has 0 bridgehead atoms. The van der Waals surface area contributed by atoms with Gasteiger partial charge in [-0.3, -0.25) is 0 Å². The molecule has 0 heterocycles. The normalized spacial score (nSPS) is 10.2. The lowest BCUT2D eigenvalue weighted by atomic mass is 10.2. The molecule has 2 rings (SSSR count). The molecule has 0 aliphatic heterocycles. The molecule has 4 heteroatoms. The highest BCUT2D eigenvalue weighted by atomic mass is 19.1. The smallest absolute Gasteiger partial charge is 0.142 e. The Morgan fingerprint density at radius 3 is 2.59 bits per heavy atom. The summed E-state index contributed by atoms with van der Waals surface area (Å²) in [5.74, 6) is 0.264. The van der Waals surface area contributed by atoms with Gasteiger partial charge in [0.1, 0.15) is 18.2 Å². The molecular formula is C13H13FN2O. The highest BCUT2D eigenvalue weighted by Gasteiger charge is 2.02. The molecule has 0 aliphatic rings. The number of anilines is 2. The molecule has 0 aromatic heterocycles. The Bertz CT molecular complexity index is 529. The number of nitrogens with two attached hydrogens (primary N) is 2. The second kappa shape index (κ2) is 4.74. The van der Waals surface area contributed by atoms with Crippen molar-refractivity contribution >= 4 is 11.4 Å². The molecule has 0 unspecified atom stereocenters. The van der Waals surface area contributed by atoms with Crippen molar-refractivity contribution in [1.29, 1.82) is 0 Å². The zero-order valence-corrected chi connectivity index (χ0v) is 9.19. The lowest BCUT2D eigenvalue weighted by Gasteiger charge is -2.09. The predicted octanol–water partition coefficient (Wildman–Crippen LogP) is 2.57. The van der Waals surface area contributed by atoms with Gasteiger partial charge in [0, 0.05) is 5.69 Å². The molecule has 17 heavy (non-hydrogen) atoms. The van der Waals surface area contributed by atoms with Crippen LogP contribution in [-0.4, -0.2) is 0 Å². The zero-order valence-electron chi connectivity index (χ0n) is 9.19. The van der Waals surface area contributed by atoms with Crippen molar-refractivity contribution in [3.8, 4) is 5.75 Å². The van der Waals surface area contributed by atoms with Crippen LogP contribution in [0, 0.1) is 5.82 Å². The molecule has 0 aliphatic carbocycles. The summed E-state index contributed by atoms with van der Waals surface area (Å²) < 4.78 is 18.4. The molecule has 0 saturated carbocycles. The molecule has 0 spiro atoms. The van der Waals surface area contributed by atoms with E-state index in [-0.39, 0.29) is 12.4 Å². The Morgan fingerprint density at radius 1 is 1.06 bits per heavy atom. The largest absolute Gasteiger partial charge is 0.487 e. The summed E-state index contributed by atoms with van der Waals surface area (Å²) in [6.07, 6.45) is 0. The van der Waals surface area contributed by atoms with Gasteiger partial charge in [-0.2, -0.15) is 0 Å². The first-order valence-corrected chi connectivity index (χ1v) is 5.17. The number of rotatable bonds is 3. The van der Waals surface area contributed by atoms with Crippen molar-refractivity contribution in [3.05, 3.63) is 53.8 Å². The third-order valence-electron chi connectivity index (χ3n) is 2.32. The van der Waals surface area contributed by atoms with Crippen molar-refractivity contribution < 1.29 is 9.13 Å². The van der Waals surface area contributed by atoms with Gasteiger partial charge in [0.05, 0.1) is 5.69 Å². The Hall–Kier alpha value is -2.23. The van der Waals surface area contributed by atoms with Gasteiger partial charge in [-0.05, 0) is 35.9 Å². The van der Waals surface area contributed by atoms with Crippen LogP contribution in [-0.2, 0) is 6.61 Å². The summed E-state index contributed by atoms with van der Waals surface area (Å²) in [6, 6.07) is 11.3. The SMILES string of the molecule is Nc1ccc(OCc2cccc(F)c2)c(N)c1. The number of ether oxygens (including phenoxy) is 1. The van der Waals surface area contributed by atoms with Gasteiger partial charge in [0.25, 0.3) is 0 Å². The van der Waals surface area contributed by atoms with E-state index in [0.717, 1.165) is 5.56 Å². The van der Waals surface area contributed by atoms with Crippen LogP contribution in [0.4, 0.5) is 15.8 Å². The van der Waals surface area contributed by atoms with Gasteiger partial charge >= 0.3 is 0 Å². The van der Waals surface area contributed by atoms with Crippen molar-refractivity contribution in [2.45, 2.75) is 6.61 Å². The van der Waals surface area contributed by atoms with E-state index in [0.29, 0.717) is 17.1 Å². The molecule has 0 amide bonds. The average molecular weight is 232 g/mol. The molecule has 2 aromatic rings. The van der Waals surface area contributed by atoms with Crippen molar-refractivity contribution in [2.24, 2.45) is 0 Å². The molecule has 88 valence electrons. The van der Waals surface area contributed by atoms with Crippen molar-refractivity contribution in [1.82, 2.24) is 0 Å². The number of halogens is 1. The van der Waals surface area contributed by atoms with Crippen LogP contribution in [0.2, 0.25) is 0 Å². The van der Waals surface area contributed by atoms with E-state index < -0.39 is 0 Å². The maximum absolute atomic E-state index is 12.9. The fraction of sp³-hybridized carbons (Fsp3) is 0.0769. The van der Waals surface area contributed by atoms with E-state index in [2.05, 4.69) is 0 Å². The van der Waals surface area contributed by atoms with Gasteiger partial charge in [-0.15, -0.1) is 0 Å². The van der Waals surface area contributed by atoms with Crippen molar-refractivity contribution in [2.75, 3.05) is 11.5 Å². The summed E-state index contributed by atoms with van der Waals surface area (Å²) in [6.45, 7) is 0.270. The molecule has 0 saturated heterocycles. The molecule has 0 fully saturated rings. The Morgan fingerprint density at radius 2 is 1.88 bits per heavy atom. The topological polar surface area (TPSA) is 61.3 Å². The maximum Gasteiger partial charge on any atom is 0.142 e. The first kappa shape index (κ1) is 11.3. The summed E-state index contributed by atoms with van der Waals surface area (Å²) in [5, 5.41) is 0.